The standard InChI is InChI=1S/C19H22N4O3/c24-18(13-23-19(25)8-7-17(21-23)14-1-2-14)20-15-3-5-16(6-4-15)22-9-11-26-12-10-22/h3-8,14H,1-2,9-13H2,(H,20,24). The van der Waals surface area contributed by atoms with Gasteiger partial charge in [0.25, 0.3) is 5.56 Å². The molecule has 2 aromatic rings. The lowest BCUT2D eigenvalue weighted by Crippen LogP contribution is -2.36. The lowest BCUT2D eigenvalue weighted by Gasteiger charge is -2.28. The molecule has 1 N–H and O–H groups in total. The van der Waals surface area contributed by atoms with Crippen molar-refractivity contribution < 1.29 is 9.53 Å². The zero-order chi connectivity index (χ0) is 17.9. The van der Waals surface area contributed by atoms with Crippen LogP contribution < -0.4 is 15.8 Å². The van der Waals surface area contributed by atoms with Gasteiger partial charge in [-0.05, 0) is 43.2 Å². The third-order valence-corrected chi connectivity index (χ3v) is 4.70. The molecule has 1 saturated heterocycles. The zero-order valence-electron chi connectivity index (χ0n) is 14.6. The molecule has 2 aliphatic rings. The molecule has 7 heteroatoms. The first-order chi connectivity index (χ1) is 12.7. The zero-order valence-corrected chi connectivity index (χ0v) is 14.6. The van der Waals surface area contributed by atoms with Gasteiger partial charge in [-0.2, -0.15) is 5.10 Å². The number of benzene rings is 1. The summed E-state index contributed by atoms with van der Waals surface area (Å²) in [5.41, 5.74) is 2.46. The highest BCUT2D eigenvalue weighted by Gasteiger charge is 2.25. The van der Waals surface area contributed by atoms with E-state index in [1.54, 1.807) is 6.07 Å². The molecule has 0 unspecified atom stereocenters. The first-order valence-corrected chi connectivity index (χ1v) is 9.00. The Hall–Kier alpha value is -2.67. The number of nitrogens with one attached hydrogen (secondary N) is 1. The van der Waals surface area contributed by atoms with Crippen molar-refractivity contribution in [2.24, 2.45) is 0 Å². The Kier molecular flexibility index (Phi) is 4.71. The Labute approximate surface area is 151 Å². The summed E-state index contributed by atoms with van der Waals surface area (Å²) in [5, 5.41) is 7.15. The van der Waals surface area contributed by atoms with Crippen molar-refractivity contribution in [3.8, 4) is 0 Å². The Morgan fingerprint density at radius 2 is 1.85 bits per heavy atom. The minimum atomic E-state index is -0.258. The van der Waals surface area contributed by atoms with Crippen molar-refractivity contribution in [1.29, 1.82) is 0 Å². The van der Waals surface area contributed by atoms with Gasteiger partial charge >= 0.3 is 0 Å². The fourth-order valence-corrected chi connectivity index (χ4v) is 3.09. The van der Waals surface area contributed by atoms with Crippen molar-refractivity contribution in [3.63, 3.8) is 0 Å². The number of hydrogen-bond donors (Lipinski definition) is 1. The smallest absolute Gasteiger partial charge is 0.267 e. The van der Waals surface area contributed by atoms with E-state index in [9.17, 15) is 9.59 Å². The van der Waals surface area contributed by atoms with Gasteiger partial charge in [0.2, 0.25) is 5.91 Å². The number of morpholine rings is 1. The van der Waals surface area contributed by atoms with Gasteiger partial charge < -0.3 is 15.0 Å². The molecular weight excluding hydrogens is 332 g/mol. The molecule has 4 rings (SSSR count). The van der Waals surface area contributed by atoms with Crippen molar-refractivity contribution in [2.45, 2.75) is 25.3 Å². The van der Waals surface area contributed by atoms with Crippen molar-refractivity contribution in [3.05, 3.63) is 52.4 Å². The summed E-state index contributed by atoms with van der Waals surface area (Å²) in [5.74, 6) is 0.185. The Balaban J connectivity index is 1.38. The number of rotatable bonds is 5. The third-order valence-electron chi connectivity index (χ3n) is 4.70. The van der Waals surface area contributed by atoms with Crippen LogP contribution in [0.25, 0.3) is 0 Å². The Bertz CT molecular complexity index is 837. The van der Waals surface area contributed by atoms with Gasteiger partial charge in [-0.25, -0.2) is 4.68 Å². The molecular formula is C19H22N4O3. The van der Waals surface area contributed by atoms with E-state index in [0.717, 1.165) is 50.5 Å². The summed E-state index contributed by atoms with van der Waals surface area (Å²) in [6.07, 6.45) is 2.21. The second-order valence-electron chi connectivity index (χ2n) is 6.72. The summed E-state index contributed by atoms with van der Waals surface area (Å²) in [6, 6.07) is 11.0. The number of amides is 1. The third kappa shape index (κ3) is 3.94. The van der Waals surface area contributed by atoms with Crippen LogP contribution in [0, 0.1) is 0 Å². The second kappa shape index (κ2) is 7.29. The van der Waals surface area contributed by atoms with Gasteiger partial charge in [-0.15, -0.1) is 0 Å². The monoisotopic (exact) mass is 354 g/mol. The van der Waals surface area contributed by atoms with E-state index < -0.39 is 0 Å². The molecule has 1 aromatic heterocycles. The Morgan fingerprint density at radius 1 is 1.12 bits per heavy atom. The summed E-state index contributed by atoms with van der Waals surface area (Å²) in [4.78, 5) is 26.5. The largest absolute Gasteiger partial charge is 0.378 e. The Morgan fingerprint density at radius 3 is 2.54 bits per heavy atom. The molecule has 1 aliphatic carbocycles. The molecule has 1 saturated carbocycles. The number of ether oxygens (including phenoxy) is 1. The van der Waals surface area contributed by atoms with E-state index in [0.29, 0.717) is 11.6 Å². The topological polar surface area (TPSA) is 76.5 Å². The minimum Gasteiger partial charge on any atom is -0.378 e. The maximum Gasteiger partial charge on any atom is 0.267 e. The fourth-order valence-electron chi connectivity index (χ4n) is 3.09. The molecule has 1 aliphatic heterocycles. The highest BCUT2D eigenvalue weighted by Crippen LogP contribution is 2.38. The van der Waals surface area contributed by atoms with Gasteiger partial charge in [0.15, 0.2) is 0 Å². The summed E-state index contributed by atoms with van der Waals surface area (Å²) < 4.78 is 6.60. The van der Waals surface area contributed by atoms with Crippen LogP contribution in [0.1, 0.15) is 24.5 Å². The predicted octanol–water partition coefficient (Wildman–Crippen LogP) is 1.60. The molecule has 0 radical (unpaired) electrons. The van der Waals surface area contributed by atoms with E-state index in [4.69, 9.17) is 4.74 Å². The van der Waals surface area contributed by atoms with E-state index in [1.807, 2.05) is 24.3 Å². The first-order valence-electron chi connectivity index (χ1n) is 9.00. The lowest BCUT2D eigenvalue weighted by molar-refractivity contribution is -0.117. The lowest BCUT2D eigenvalue weighted by atomic mass is 10.2. The molecule has 0 atom stereocenters. The number of hydrogen-bond acceptors (Lipinski definition) is 5. The van der Waals surface area contributed by atoms with Gasteiger partial charge in [0.05, 0.1) is 18.9 Å². The van der Waals surface area contributed by atoms with Crippen LogP contribution in [0.2, 0.25) is 0 Å². The summed E-state index contributed by atoms with van der Waals surface area (Å²) in [7, 11) is 0. The van der Waals surface area contributed by atoms with Gasteiger partial charge in [0.1, 0.15) is 6.54 Å². The molecule has 26 heavy (non-hydrogen) atoms. The quantitative estimate of drug-likeness (QED) is 0.883. The van der Waals surface area contributed by atoms with Crippen molar-refractivity contribution in [1.82, 2.24) is 9.78 Å². The molecule has 2 heterocycles. The van der Waals surface area contributed by atoms with Crippen molar-refractivity contribution in [2.75, 3.05) is 36.5 Å². The summed E-state index contributed by atoms with van der Waals surface area (Å²) >= 11 is 0. The van der Waals surface area contributed by atoms with E-state index in [-0.39, 0.29) is 18.0 Å². The van der Waals surface area contributed by atoms with Gasteiger partial charge in [-0.3, -0.25) is 9.59 Å². The van der Waals surface area contributed by atoms with Crippen LogP contribution >= 0.6 is 0 Å². The molecule has 136 valence electrons. The average Bonchev–Trinajstić information content (AvgIpc) is 3.50. The van der Waals surface area contributed by atoms with E-state index in [2.05, 4.69) is 15.3 Å². The number of carbonyl (C=O) groups is 1. The normalized spacial score (nSPS) is 17.2. The predicted molar refractivity (Wildman–Crippen MR) is 98.6 cm³/mol. The first kappa shape index (κ1) is 16.8. The summed E-state index contributed by atoms with van der Waals surface area (Å²) in [6.45, 7) is 3.14. The van der Waals surface area contributed by atoms with Crippen LogP contribution in [-0.2, 0) is 16.1 Å². The average molecular weight is 354 g/mol. The minimum absolute atomic E-state index is 0.0788. The maximum absolute atomic E-state index is 12.3. The SMILES string of the molecule is O=C(Cn1nc(C2CC2)ccc1=O)Nc1ccc(N2CCOCC2)cc1. The van der Waals surface area contributed by atoms with E-state index in [1.165, 1.54) is 10.7 Å². The number of aromatic nitrogens is 2. The fraction of sp³-hybridized carbons (Fsp3) is 0.421. The highest BCUT2D eigenvalue weighted by molar-refractivity contribution is 5.90. The number of anilines is 2. The molecule has 0 spiro atoms. The van der Waals surface area contributed by atoms with Crippen LogP contribution in [-0.4, -0.2) is 42.0 Å². The van der Waals surface area contributed by atoms with Crippen molar-refractivity contribution >= 4 is 17.3 Å². The number of carbonyl (C=O) groups excluding carboxylic acids is 1. The number of nitrogens with zero attached hydrogens (tertiary/aromatic N) is 3. The maximum atomic E-state index is 12.3. The molecule has 2 fully saturated rings. The van der Waals surface area contributed by atoms with Crippen LogP contribution in [0.5, 0.6) is 0 Å². The van der Waals surface area contributed by atoms with Crippen LogP contribution in [0.4, 0.5) is 11.4 Å². The van der Waals surface area contributed by atoms with Crippen LogP contribution in [0.3, 0.4) is 0 Å². The molecule has 1 amide bonds. The molecule has 7 nitrogen and oxygen atoms in total. The highest BCUT2D eigenvalue weighted by atomic mass is 16.5. The van der Waals surface area contributed by atoms with Gasteiger partial charge in [0, 0.05) is 36.4 Å². The van der Waals surface area contributed by atoms with E-state index >= 15 is 0 Å². The van der Waals surface area contributed by atoms with Crippen LogP contribution in [0.15, 0.2) is 41.2 Å². The van der Waals surface area contributed by atoms with Gasteiger partial charge in [-0.1, -0.05) is 0 Å². The second-order valence-corrected chi connectivity index (χ2v) is 6.72. The molecule has 1 aromatic carbocycles. The molecule has 0 bridgehead atoms.